The Morgan fingerprint density at radius 1 is 1.02 bits per heavy atom. The average Bonchev–Trinajstić information content (AvgIpc) is 3.49. The molecule has 0 aliphatic carbocycles. The van der Waals surface area contributed by atoms with Gasteiger partial charge in [-0.05, 0) is 57.0 Å². The summed E-state index contributed by atoms with van der Waals surface area (Å²) in [5, 5.41) is 0.627. The third kappa shape index (κ3) is 5.31. The van der Waals surface area contributed by atoms with Gasteiger partial charge in [-0.2, -0.15) is 0 Å². The molecule has 2 aromatic heterocycles. The minimum absolute atomic E-state index is 0.0536. The van der Waals surface area contributed by atoms with Crippen LogP contribution in [0, 0.1) is 6.92 Å². The first-order chi connectivity index (χ1) is 19.9. The van der Waals surface area contributed by atoms with E-state index in [1.165, 1.54) is 4.90 Å². The molecule has 4 aromatic rings. The fourth-order valence-electron chi connectivity index (χ4n) is 4.92. The fourth-order valence-corrected chi connectivity index (χ4v) is 5.91. The van der Waals surface area contributed by atoms with Gasteiger partial charge < -0.3 is 18.6 Å². The molecule has 0 saturated heterocycles. The van der Waals surface area contributed by atoms with E-state index >= 15 is 0 Å². The smallest absolute Gasteiger partial charge is 0.350 e. The SMILES string of the molecule is CCCCCOc1ccc(C2c3c(oc4ccccc4c3=O)C(=O)N2c2nc(C)c(C(=O)OCC)s2)cc1OCC. The summed E-state index contributed by atoms with van der Waals surface area (Å²) < 4.78 is 23.2. The predicted molar refractivity (Wildman–Crippen MR) is 157 cm³/mol. The number of benzene rings is 2. The molecule has 3 heterocycles. The topological polar surface area (TPSA) is 108 Å². The first kappa shape index (κ1) is 28.4. The molecule has 0 N–H and O–H groups in total. The van der Waals surface area contributed by atoms with Crippen molar-refractivity contribution in [2.24, 2.45) is 0 Å². The predicted octanol–water partition coefficient (Wildman–Crippen LogP) is 6.45. The van der Waals surface area contributed by atoms with E-state index in [0.717, 1.165) is 30.6 Å². The molecule has 1 aliphatic rings. The van der Waals surface area contributed by atoms with E-state index in [0.29, 0.717) is 51.8 Å². The molecule has 0 saturated carbocycles. The molecule has 9 nitrogen and oxygen atoms in total. The lowest BCUT2D eigenvalue weighted by Gasteiger charge is -2.23. The van der Waals surface area contributed by atoms with Crippen LogP contribution in [0.2, 0.25) is 0 Å². The number of aryl methyl sites for hydroxylation is 1. The quantitative estimate of drug-likeness (QED) is 0.148. The molecule has 1 atom stereocenters. The van der Waals surface area contributed by atoms with E-state index in [9.17, 15) is 14.4 Å². The van der Waals surface area contributed by atoms with Gasteiger partial charge in [-0.25, -0.2) is 9.78 Å². The average molecular weight is 577 g/mol. The van der Waals surface area contributed by atoms with Crippen molar-refractivity contribution in [1.29, 1.82) is 0 Å². The standard InChI is InChI=1S/C31H32N2O7S/c1-5-8-11-16-39-22-15-14-19(17-23(22)37-6-2)25-24-26(34)20-12-9-10-13-21(20)40-27(24)29(35)33(25)31-32-18(4)28(41-31)30(36)38-7-3/h9-10,12-15,17,25H,5-8,11,16H2,1-4H3. The van der Waals surface area contributed by atoms with Crippen LogP contribution in [0.5, 0.6) is 11.5 Å². The Bertz CT molecular complexity index is 1660. The van der Waals surface area contributed by atoms with Gasteiger partial charge in [-0.15, -0.1) is 0 Å². The van der Waals surface area contributed by atoms with Crippen LogP contribution in [0.15, 0.2) is 51.7 Å². The molecule has 41 heavy (non-hydrogen) atoms. The van der Waals surface area contributed by atoms with Gasteiger partial charge in [0.1, 0.15) is 10.5 Å². The highest BCUT2D eigenvalue weighted by Gasteiger charge is 2.45. The van der Waals surface area contributed by atoms with Crippen LogP contribution in [0.25, 0.3) is 11.0 Å². The second-order valence-electron chi connectivity index (χ2n) is 9.57. The third-order valence-corrected chi connectivity index (χ3v) is 7.96. The fraction of sp³-hybridized carbons (Fsp3) is 0.355. The summed E-state index contributed by atoms with van der Waals surface area (Å²) >= 11 is 1.04. The summed E-state index contributed by atoms with van der Waals surface area (Å²) in [6.45, 7) is 8.58. The number of esters is 1. The third-order valence-electron chi connectivity index (χ3n) is 6.82. The lowest BCUT2D eigenvalue weighted by molar-refractivity contribution is 0.0531. The second kappa shape index (κ2) is 12.1. The molecule has 10 heteroatoms. The number of ether oxygens (including phenoxy) is 3. The Labute approximate surface area is 241 Å². The Kier molecular flexibility index (Phi) is 8.39. The number of hydrogen-bond acceptors (Lipinski definition) is 9. The summed E-state index contributed by atoms with van der Waals surface area (Å²) in [6, 6.07) is 11.4. The summed E-state index contributed by atoms with van der Waals surface area (Å²) in [5.41, 5.74) is 1.27. The number of para-hydroxylation sites is 1. The van der Waals surface area contributed by atoms with Gasteiger partial charge in [0.2, 0.25) is 5.76 Å². The van der Waals surface area contributed by atoms with Crippen molar-refractivity contribution in [2.45, 2.75) is 53.0 Å². The lowest BCUT2D eigenvalue weighted by atomic mass is 9.98. The summed E-state index contributed by atoms with van der Waals surface area (Å²) in [6.07, 6.45) is 3.06. The Morgan fingerprint density at radius 2 is 1.83 bits per heavy atom. The van der Waals surface area contributed by atoms with Gasteiger partial charge in [0.15, 0.2) is 22.1 Å². The van der Waals surface area contributed by atoms with Crippen molar-refractivity contribution >= 4 is 39.3 Å². The molecule has 1 aliphatic heterocycles. The van der Waals surface area contributed by atoms with E-state index in [1.807, 2.05) is 13.0 Å². The van der Waals surface area contributed by atoms with Crippen LogP contribution in [-0.2, 0) is 4.74 Å². The van der Waals surface area contributed by atoms with Crippen molar-refractivity contribution in [3.63, 3.8) is 0 Å². The highest BCUT2D eigenvalue weighted by atomic mass is 32.1. The Morgan fingerprint density at radius 3 is 2.59 bits per heavy atom. The van der Waals surface area contributed by atoms with Gasteiger partial charge >= 0.3 is 5.97 Å². The van der Waals surface area contributed by atoms with E-state index in [2.05, 4.69) is 11.9 Å². The number of thiazole rings is 1. The van der Waals surface area contributed by atoms with Crippen molar-refractivity contribution in [3.05, 3.63) is 80.1 Å². The Hall–Kier alpha value is -4.18. The molecular formula is C31H32N2O7S. The number of nitrogens with zero attached hydrogens (tertiary/aromatic N) is 2. The zero-order valence-corrected chi connectivity index (χ0v) is 24.3. The molecule has 1 amide bonds. The van der Waals surface area contributed by atoms with Crippen LogP contribution < -0.4 is 19.8 Å². The second-order valence-corrected chi connectivity index (χ2v) is 10.6. The van der Waals surface area contributed by atoms with Crippen LogP contribution in [0.3, 0.4) is 0 Å². The molecule has 0 fully saturated rings. The van der Waals surface area contributed by atoms with E-state index in [1.54, 1.807) is 50.2 Å². The molecule has 0 spiro atoms. The van der Waals surface area contributed by atoms with Gasteiger partial charge in [0.05, 0.1) is 42.5 Å². The number of hydrogen-bond donors (Lipinski definition) is 0. The largest absolute Gasteiger partial charge is 0.490 e. The Balaban J connectivity index is 1.67. The maximum atomic E-state index is 14.0. The zero-order valence-electron chi connectivity index (χ0n) is 23.5. The number of anilines is 1. The van der Waals surface area contributed by atoms with Gasteiger partial charge in [0, 0.05) is 0 Å². The van der Waals surface area contributed by atoms with Crippen molar-refractivity contribution in [1.82, 2.24) is 4.98 Å². The lowest BCUT2D eigenvalue weighted by Crippen LogP contribution is -2.29. The van der Waals surface area contributed by atoms with Gasteiger partial charge in [-0.1, -0.05) is 49.3 Å². The highest BCUT2D eigenvalue weighted by Crippen LogP contribution is 2.45. The number of amides is 1. The monoisotopic (exact) mass is 576 g/mol. The summed E-state index contributed by atoms with van der Waals surface area (Å²) in [5.74, 6) is 0.00709. The van der Waals surface area contributed by atoms with E-state index in [-0.39, 0.29) is 28.5 Å². The van der Waals surface area contributed by atoms with Crippen molar-refractivity contribution in [2.75, 3.05) is 24.7 Å². The van der Waals surface area contributed by atoms with E-state index < -0.39 is 17.9 Å². The normalized spacial score (nSPS) is 14.4. The number of unbranched alkanes of at least 4 members (excludes halogenated alkanes) is 2. The van der Waals surface area contributed by atoms with E-state index in [4.69, 9.17) is 18.6 Å². The molecule has 2 aromatic carbocycles. The number of carbonyl (C=O) groups is 2. The number of aromatic nitrogens is 1. The molecule has 5 rings (SSSR count). The van der Waals surface area contributed by atoms with Crippen LogP contribution in [0.4, 0.5) is 5.13 Å². The van der Waals surface area contributed by atoms with Crippen molar-refractivity contribution < 1.29 is 28.2 Å². The van der Waals surface area contributed by atoms with Gasteiger partial charge in [-0.3, -0.25) is 14.5 Å². The summed E-state index contributed by atoms with van der Waals surface area (Å²) in [7, 11) is 0. The highest BCUT2D eigenvalue weighted by molar-refractivity contribution is 7.17. The molecule has 214 valence electrons. The molecule has 0 bridgehead atoms. The minimum Gasteiger partial charge on any atom is -0.490 e. The van der Waals surface area contributed by atoms with Crippen LogP contribution in [-0.4, -0.2) is 36.7 Å². The molecule has 1 unspecified atom stereocenters. The first-order valence-electron chi connectivity index (χ1n) is 13.8. The number of carbonyl (C=O) groups excluding carboxylic acids is 2. The molecule has 0 radical (unpaired) electrons. The number of fused-ring (bicyclic) bond motifs is 2. The summed E-state index contributed by atoms with van der Waals surface area (Å²) in [4.78, 5) is 46.7. The zero-order chi connectivity index (χ0) is 29.1. The van der Waals surface area contributed by atoms with Crippen LogP contribution in [0.1, 0.15) is 83.1 Å². The van der Waals surface area contributed by atoms with Crippen molar-refractivity contribution in [3.8, 4) is 11.5 Å². The number of rotatable bonds is 11. The first-order valence-corrected chi connectivity index (χ1v) is 14.6. The minimum atomic E-state index is -0.868. The maximum Gasteiger partial charge on any atom is 0.350 e. The molecular weight excluding hydrogens is 544 g/mol. The van der Waals surface area contributed by atoms with Gasteiger partial charge in [0.25, 0.3) is 5.91 Å². The maximum absolute atomic E-state index is 14.0. The van der Waals surface area contributed by atoms with Crippen LogP contribution >= 0.6 is 11.3 Å².